The Labute approximate surface area is 126 Å². The van der Waals surface area contributed by atoms with Crippen molar-refractivity contribution in [2.24, 2.45) is 0 Å². The van der Waals surface area contributed by atoms with E-state index in [0.29, 0.717) is 5.69 Å². The summed E-state index contributed by atoms with van der Waals surface area (Å²) in [6.45, 7) is 8.23. The average molecular weight is 291 g/mol. The summed E-state index contributed by atoms with van der Waals surface area (Å²) in [5, 5.41) is 3.33. The quantitative estimate of drug-likeness (QED) is 0.437. The van der Waals surface area contributed by atoms with Crippen molar-refractivity contribution < 1.29 is 9.53 Å². The van der Waals surface area contributed by atoms with E-state index in [1.54, 1.807) is 6.08 Å². The summed E-state index contributed by atoms with van der Waals surface area (Å²) in [4.78, 5) is 13.4. The van der Waals surface area contributed by atoms with Gasteiger partial charge in [0.2, 0.25) is 0 Å². The Bertz CT molecular complexity index is 482. The molecule has 1 rings (SSSR count). The van der Waals surface area contributed by atoms with E-state index in [1.807, 2.05) is 18.2 Å². The van der Waals surface area contributed by atoms with Crippen LogP contribution in [0.2, 0.25) is 0 Å². The van der Waals surface area contributed by atoms with Crippen LogP contribution in [0.1, 0.15) is 19.4 Å². The number of ether oxygens (including phenoxy) is 1. The van der Waals surface area contributed by atoms with Gasteiger partial charge in [-0.25, -0.2) is 4.79 Å². The summed E-state index contributed by atoms with van der Waals surface area (Å²) in [6.07, 6.45) is 3.06. The minimum atomic E-state index is -0.380. The average Bonchev–Trinajstić information content (AvgIpc) is 2.50. The molecule has 0 saturated heterocycles. The van der Waals surface area contributed by atoms with Crippen molar-refractivity contribution >= 4 is 23.4 Å². The van der Waals surface area contributed by atoms with Crippen molar-refractivity contribution in [1.29, 1.82) is 0 Å². The summed E-state index contributed by atoms with van der Waals surface area (Å²) in [5.41, 5.74) is 8.47. The predicted molar refractivity (Wildman–Crippen MR) is 88.2 cm³/mol. The summed E-state index contributed by atoms with van der Waals surface area (Å²) >= 11 is 0. The summed E-state index contributed by atoms with van der Waals surface area (Å²) in [5.74, 6) is -0.380. The van der Waals surface area contributed by atoms with E-state index in [0.717, 1.165) is 37.4 Å². The van der Waals surface area contributed by atoms with Gasteiger partial charge in [-0.3, -0.25) is 0 Å². The topological polar surface area (TPSA) is 67.6 Å². The van der Waals surface area contributed by atoms with E-state index < -0.39 is 0 Å². The molecule has 0 heterocycles. The van der Waals surface area contributed by atoms with Gasteiger partial charge >= 0.3 is 5.97 Å². The standard InChI is InChI=1S/C16H25N3O2/c1-4-19(5-2)11-10-18-15-8-6-13(12-14(15)17)7-9-16(20)21-3/h6-9,12,18H,4-5,10-11,17H2,1-3H3/b9-7+. The highest BCUT2D eigenvalue weighted by molar-refractivity contribution is 5.87. The Hall–Kier alpha value is -2.01. The van der Waals surface area contributed by atoms with Crippen LogP contribution in [0, 0.1) is 0 Å². The molecule has 21 heavy (non-hydrogen) atoms. The maximum atomic E-state index is 11.0. The SMILES string of the molecule is CCN(CC)CCNc1ccc(/C=C/C(=O)OC)cc1N. The first-order valence-corrected chi connectivity index (χ1v) is 7.22. The van der Waals surface area contributed by atoms with Crippen molar-refractivity contribution in [2.75, 3.05) is 44.3 Å². The van der Waals surface area contributed by atoms with Crippen LogP contribution in [0.3, 0.4) is 0 Å². The molecular weight excluding hydrogens is 266 g/mol. The summed E-state index contributed by atoms with van der Waals surface area (Å²) < 4.78 is 4.55. The largest absolute Gasteiger partial charge is 0.466 e. The molecule has 0 amide bonds. The van der Waals surface area contributed by atoms with E-state index in [9.17, 15) is 4.79 Å². The second-order valence-electron chi connectivity index (χ2n) is 4.66. The summed E-state index contributed by atoms with van der Waals surface area (Å²) in [6, 6.07) is 5.67. The van der Waals surface area contributed by atoms with Crippen LogP contribution in [0.4, 0.5) is 11.4 Å². The lowest BCUT2D eigenvalue weighted by molar-refractivity contribution is -0.134. The lowest BCUT2D eigenvalue weighted by Gasteiger charge is -2.19. The van der Waals surface area contributed by atoms with Gasteiger partial charge in [-0.15, -0.1) is 0 Å². The number of likely N-dealkylation sites (N-methyl/N-ethyl adjacent to an activating group) is 1. The molecular formula is C16H25N3O2. The van der Waals surface area contributed by atoms with Crippen LogP contribution in [-0.4, -0.2) is 44.2 Å². The highest BCUT2D eigenvalue weighted by Gasteiger charge is 2.02. The van der Waals surface area contributed by atoms with E-state index in [1.165, 1.54) is 13.2 Å². The summed E-state index contributed by atoms with van der Waals surface area (Å²) in [7, 11) is 1.35. The maximum absolute atomic E-state index is 11.0. The van der Waals surface area contributed by atoms with Crippen molar-refractivity contribution in [1.82, 2.24) is 4.90 Å². The van der Waals surface area contributed by atoms with Crippen LogP contribution < -0.4 is 11.1 Å². The molecule has 5 heteroatoms. The molecule has 1 aromatic rings. The molecule has 0 bridgehead atoms. The molecule has 0 saturated carbocycles. The number of hydrogen-bond donors (Lipinski definition) is 2. The molecule has 116 valence electrons. The number of hydrogen-bond acceptors (Lipinski definition) is 5. The lowest BCUT2D eigenvalue weighted by atomic mass is 10.1. The van der Waals surface area contributed by atoms with Gasteiger partial charge in [0.25, 0.3) is 0 Å². The van der Waals surface area contributed by atoms with Gasteiger partial charge in [-0.05, 0) is 36.9 Å². The second kappa shape index (κ2) is 9.02. The number of nitrogens with one attached hydrogen (secondary N) is 1. The third kappa shape index (κ3) is 5.87. The number of nitrogens with two attached hydrogens (primary N) is 1. The Morgan fingerprint density at radius 1 is 1.38 bits per heavy atom. The fourth-order valence-corrected chi connectivity index (χ4v) is 1.97. The zero-order valence-electron chi connectivity index (χ0n) is 13.1. The van der Waals surface area contributed by atoms with Gasteiger partial charge in [0.1, 0.15) is 0 Å². The Kier molecular flexibility index (Phi) is 7.32. The second-order valence-corrected chi connectivity index (χ2v) is 4.66. The third-order valence-electron chi connectivity index (χ3n) is 3.33. The molecule has 1 aromatic carbocycles. The van der Waals surface area contributed by atoms with Crippen molar-refractivity contribution in [2.45, 2.75) is 13.8 Å². The molecule has 0 atom stereocenters. The van der Waals surface area contributed by atoms with Crippen molar-refractivity contribution in [3.63, 3.8) is 0 Å². The number of esters is 1. The smallest absolute Gasteiger partial charge is 0.330 e. The highest BCUT2D eigenvalue weighted by Crippen LogP contribution is 2.20. The zero-order valence-corrected chi connectivity index (χ0v) is 13.1. The van der Waals surface area contributed by atoms with Gasteiger partial charge in [-0.2, -0.15) is 0 Å². The van der Waals surface area contributed by atoms with Crippen LogP contribution in [0.25, 0.3) is 6.08 Å². The molecule has 3 N–H and O–H groups in total. The number of carbonyl (C=O) groups excluding carboxylic acids is 1. The van der Waals surface area contributed by atoms with Crippen LogP contribution in [0.5, 0.6) is 0 Å². The number of carbonyl (C=O) groups is 1. The van der Waals surface area contributed by atoms with E-state index >= 15 is 0 Å². The number of anilines is 2. The number of benzene rings is 1. The first-order valence-electron chi connectivity index (χ1n) is 7.22. The fraction of sp³-hybridized carbons (Fsp3) is 0.438. The molecule has 0 aliphatic rings. The molecule has 0 radical (unpaired) electrons. The number of methoxy groups -OCH3 is 1. The predicted octanol–water partition coefficient (Wildman–Crippen LogP) is 2.21. The molecule has 0 fully saturated rings. The number of nitrogens with zero attached hydrogens (tertiary/aromatic N) is 1. The fourth-order valence-electron chi connectivity index (χ4n) is 1.97. The van der Waals surface area contributed by atoms with Gasteiger partial charge in [0.05, 0.1) is 18.5 Å². The van der Waals surface area contributed by atoms with Crippen molar-refractivity contribution in [3.8, 4) is 0 Å². The van der Waals surface area contributed by atoms with E-state index in [-0.39, 0.29) is 5.97 Å². The van der Waals surface area contributed by atoms with Crippen molar-refractivity contribution in [3.05, 3.63) is 29.8 Å². The zero-order chi connectivity index (χ0) is 15.7. The van der Waals surface area contributed by atoms with E-state index in [4.69, 9.17) is 5.73 Å². The van der Waals surface area contributed by atoms with Gasteiger partial charge < -0.3 is 20.7 Å². The first-order chi connectivity index (χ1) is 10.1. The minimum Gasteiger partial charge on any atom is -0.466 e. The number of rotatable bonds is 8. The van der Waals surface area contributed by atoms with E-state index in [2.05, 4.69) is 28.8 Å². The van der Waals surface area contributed by atoms with Crippen LogP contribution in [0.15, 0.2) is 24.3 Å². The Morgan fingerprint density at radius 2 is 2.10 bits per heavy atom. The minimum absolute atomic E-state index is 0.380. The molecule has 0 aromatic heterocycles. The normalized spacial score (nSPS) is 11.0. The molecule has 0 aliphatic heterocycles. The molecule has 0 aliphatic carbocycles. The molecule has 5 nitrogen and oxygen atoms in total. The lowest BCUT2D eigenvalue weighted by Crippen LogP contribution is -2.28. The number of nitrogen functional groups attached to an aromatic ring is 1. The van der Waals surface area contributed by atoms with Crippen LogP contribution in [-0.2, 0) is 9.53 Å². The van der Waals surface area contributed by atoms with Gasteiger partial charge in [0, 0.05) is 19.2 Å². The van der Waals surface area contributed by atoms with Gasteiger partial charge in [-0.1, -0.05) is 19.9 Å². The Morgan fingerprint density at radius 3 is 2.67 bits per heavy atom. The molecule has 0 unspecified atom stereocenters. The Balaban J connectivity index is 2.58. The third-order valence-corrected chi connectivity index (χ3v) is 3.33. The van der Waals surface area contributed by atoms with Crippen LogP contribution >= 0.6 is 0 Å². The monoisotopic (exact) mass is 291 g/mol. The first kappa shape index (κ1) is 17.0. The van der Waals surface area contributed by atoms with Gasteiger partial charge in [0.15, 0.2) is 0 Å². The maximum Gasteiger partial charge on any atom is 0.330 e. The highest BCUT2D eigenvalue weighted by atomic mass is 16.5. The molecule has 0 spiro atoms.